The molecule has 2 aliphatic heterocycles. The van der Waals surface area contributed by atoms with Gasteiger partial charge in [-0.05, 0) is 18.8 Å². The lowest BCUT2D eigenvalue weighted by atomic mass is 10.0. The van der Waals surface area contributed by atoms with Crippen molar-refractivity contribution in [2.45, 2.75) is 45.1 Å². The fraction of sp³-hybridized carbons (Fsp3) is 0.619. The van der Waals surface area contributed by atoms with Gasteiger partial charge in [0.25, 0.3) is 0 Å². The minimum Gasteiger partial charge on any atom is -0.390 e. The van der Waals surface area contributed by atoms with Gasteiger partial charge < -0.3 is 25.1 Å². The molecule has 2 aromatic rings. The molecule has 1 unspecified atom stereocenters. The van der Waals surface area contributed by atoms with Crippen molar-refractivity contribution >= 4 is 29.1 Å². The number of ether oxygens (including phenoxy) is 1. The van der Waals surface area contributed by atoms with E-state index in [0.717, 1.165) is 36.9 Å². The molecule has 1 saturated carbocycles. The number of oxime groups is 1. The number of nitrogens with one attached hydrogen (secondary N) is 3. The molecule has 0 bridgehead atoms. The average Bonchev–Trinajstić information content (AvgIpc) is 3.33. The molecule has 0 amide bonds. The number of H-pyrrole nitrogens is 1. The van der Waals surface area contributed by atoms with Crippen molar-refractivity contribution in [2.24, 2.45) is 11.1 Å². The zero-order chi connectivity index (χ0) is 21.2. The first kappa shape index (κ1) is 20.0. The van der Waals surface area contributed by atoms with Crippen LogP contribution in [-0.4, -0.2) is 64.8 Å². The number of aromatic nitrogens is 4. The first-order valence-corrected chi connectivity index (χ1v) is 11.1. The normalized spacial score (nSPS) is 21.2. The van der Waals surface area contributed by atoms with Crippen LogP contribution in [0.2, 0.25) is 0 Å². The standard InChI is InChI=1S/C21H30N8O2/c1-13(2)16-9-15(31-28-16)12-22-21-24-18(11-20(25-21)29-5-7-30-8-6-29)23-19-10-17(26-27-19)14-3-4-14/h10-11,13-15H,3-9,12H2,1-2H3,(H3,22,23,24,25,26,27). The van der Waals surface area contributed by atoms with E-state index >= 15 is 0 Å². The first-order valence-electron chi connectivity index (χ1n) is 11.1. The molecule has 2 fully saturated rings. The molecule has 0 spiro atoms. The lowest BCUT2D eigenvalue weighted by molar-refractivity contribution is 0.0947. The van der Waals surface area contributed by atoms with Gasteiger partial charge in [0.05, 0.1) is 25.5 Å². The van der Waals surface area contributed by atoms with E-state index in [1.807, 2.05) is 6.07 Å². The van der Waals surface area contributed by atoms with Crippen LogP contribution in [0.15, 0.2) is 17.3 Å². The van der Waals surface area contributed by atoms with Gasteiger partial charge in [0.15, 0.2) is 5.82 Å². The van der Waals surface area contributed by atoms with E-state index in [9.17, 15) is 0 Å². The van der Waals surface area contributed by atoms with Crippen molar-refractivity contribution in [3.63, 3.8) is 0 Å². The summed E-state index contributed by atoms with van der Waals surface area (Å²) in [5, 5.41) is 18.4. The Labute approximate surface area is 181 Å². The van der Waals surface area contributed by atoms with E-state index in [1.54, 1.807) is 0 Å². The Morgan fingerprint density at radius 1 is 1.16 bits per heavy atom. The van der Waals surface area contributed by atoms with E-state index in [0.29, 0.717) is 43.4 Å². The van der Waals surface area contributed by atoms with Crippen LogP contribution in [-0.2, 0) is 9.57 Å². The third kappa shape index (κ3) is 4.90. The van der Waals surface area contributed by atoms with Crippen molar-refractivity contribution in [1.29, 1.82) is 0 Å². The van der Waals surface area contributed by atoms with Gasteiger partial charge >= 0.3 is 0 Å². The smallest absolute Gasteiger partial charge is 0.226 e. The van der Waals surface area contributed by atoms with E-state index in [4.69, 9.17) is 14.6 Å². The second-order valence-corrected chi connectivity index (χ2v) is 8.69. The molecular formula is C21H30N8O2. The third-order valence-corrected chi connectivity index (χ3v) is 5.83. The summed E-state index contributed by atoms with van der Waals surface area (Å²) in [5.41, 5.74) is 2.28. The fourth-order valence-electron chi connectivity index (χ4n) is 3.77. The Bertz CT molecular complexity index is 933. The number of aromatic amines is 1. The molecule has 0 aromatic carbocycles. The molecule has 166 valence electrons. The van der Waals surface area contributed by atoms with Crippen molar-refractivity contribution in [1.82, 2.24) is 20.2 Å². The maximum absolute atomic E-state index is 5.57. The SMILES string of the molecule is CC(C)C1=NOC(CNc2nc(Nc3cc(C4CC4)[nH]n3)cc(N3CCOCC3)n2)C1. The molecular weight excluding hydrogens is 396 g/mol. The Hall–Kier alpha value is -2.88. The monoisotopic (exact) mass is 426 g/mol. The van der Waals surface area contributed by atoms with Crippen molar-refractivity contribution in [3.05, 3.63) is 17.8 Å². The summed E-state index contributed by atoms with van der Waals surface area (Å²) in [4.78, 5) is 17.2. The number of hydrogen-bond acceptors (Lipinski definition) is 9. The van der Waals surface area contributed by atoms with Gasteiger partial charge in [-0.25, -0.2) is 0 Å². The number of rotatable bonds is 8. The van der Waals surface area contributed by atoms with Gasteiger partial charge in [-0.3, -0.25) is 5.10 Å². The topological polar surface area (TPSA) is 113 Å². The molecule has 31 heavy (non-hydrogen) atoms. The molecule has 1 atom stereocenters. The van der Waals surface area contributed by atoms with Crippen molar-refractivity contribution in [3.8, 4) is 0 Å². The van der Waals surface area contributed by atoms with Crippen LogP contribution in [0, 0.1) is 5.92 Å². The molecule has 3 N–H and O–H groups in total. The highest BCUT2D eigenvalue weighted by Gasteiger charge is 2.26. The zero-order valence-electron chi connectivity index (χ0n) is 18.1. The summed E-state index contributed by atoms with van der Waals surface area (Å²) in [5.74, 6) is 3.93. The molecule has 4 heterocycles. The fourth-order valence-corrected chi connectivity index (χ4v) is 3.77. The molecule has 5 rings (SSSR count). The van der Waals surface area contributed by atoms with Gasteiger partial charge in [-0.2, -0.15) is 15.1 Å². The predicted octanol–water partition coefficient (Wildman–Crippen LogP) is 2.87. The quantitative estimate of drug-likeness (QED) is 0.591. The molecule has 10 heteroatoms. The minimum absolute atomic E-state index is 0.00288. The van der Waals surface area contributed by atoms with Crippen LogP contribution in [0.5, 0.6) is 0 Å². The Morgan fingerprint density at radius 2 is 2.00 bits per heavy atom. The van der Waals surface area contributed by atoms with E-state index < -0.39 is 0 Å². The number of hydrogen-bond donors (Lipinski definition) is 3. The zero-order valence-corrected chi connectivity index (χ0v) is 18.1. The highest BCUT2D eigenvalue weighted by atomic mass is 16.6. The molecule has 2 aromatic heterocycles. The largest absolute Gasteiger partial charge is 0.390 e. The summed E-state index contributed by atoms with van der Waals surface area (Å²) >= 11 is 0. The molecule has 0 radical (unpaired) electrons. The highest BCUT2D eigenvalue weighted by Crippen LogP contribution is 2.39. The molecule has 10 nitrogen and oxygen atoms in total. The second-order valence-electron chi connectivity index (χ2n) is 8.69. The van der Waals surface area contributed by atoms with E-state index in [2.05, 4.69) is 55.8 Å². The molecule has 3 aliphatic rings. The van der Waals surface area contributed by atoms with Crippen LogP contribution in [0.4, 0.5) is 23.4 Å². The van der Waals surface area contributed by atoms with Gasteiger partial charge in [0.1, 0.15) is 17.7 Å². The summed E-state index contributed by atoms with van der Waals surface area (Å²) in [7, 11) is 0. The Kier molecular flexibility index (Phi) is 5.63. The summed E-state index contributed by atoms with van der Waals surface area (Å²) in [6, 6.07) is 4.03. The van der Waals surface area contributed by atoms with Gasteiger partial charge in [0, 0.05) is 43.3 Å². The lowest BCUT2D eigenvalue weighted by Crippen LogP contribution is -2.37. The Morgan fingerprint density at radius 3 is 2.74 bits per heavy atom. The maximum atomic E-state index is 5.57. The van der Waals surface area contributed by atoms with E-state index in [1.165, 1.54) is 18.5 Å². The number of anilines is 4. The van der Waals surface area contributed by atoms with Crippen LogP contribution < -0.4 is 15.5 Å². The minimum atomic E-state index is -0.00288. The third-order valence-electron chi connectivity index (χ3n) is 5.83. The van der Waals surface area contributed by atoms with Crippen LogP contribution in [0.25, 0.3) is 0 Å². The first-order chi connectivity index (χ1) is 15.1. The van der Waals surface area contributed by atoms with Crippen LogP contribution >= 0.6 is 0 Å². The van der Waals surface area contributed by atoms with Gasteiger partial charge in [0.2, 0.25) is 5.95 Å². The highest BCUT2D eigenvalue weighted by molar-refractivity contribution is 5.87. The maximum Gasteiger partial charge on any atom is 0.226 e. The van der Waals surface area contributed by atoms with Gasteiger partial charge in [-0.1, -0.05) is 19.0 Å². The average molecular weight is 427 g/mol. The van der Waals surface area contributed by atoms with Gasteiger partial charge in [-0.15, -0.1) is 0 Å². The van der Waals surface area contributed by atoms with Crippen LogP contribution in [0.1, 0.15) is 44.7 Å². The summed E-state index contributed by atoms with van der Waals surface area (Å²) in [6.07, 6.45) is 3.29. The predicted molar refractivity (Wildman–Crippen MR) is 119 cm³/mol. The second kappa shape index (κ2) is 8.70. The summed E-state index contributed by atoms with van der Waals surface area (Å²) in [6.45, 7) is 7.88. The van der Waals surface area contributed by atoms with E-state index in [-0.39, 0.29) is 6.10 Å². The number of morpholine rings is 1. The molecule has 1 saturated heterocycles. The number of nitrogens with zero attached hydrogens (tertiary/aromatic N) is 5. The van der Waals surface area contributed by atoms with Crippen LogP contribution in [0.3, 0.4) is 0 Å². The molecule has 1 aliphatic carbocycles. The van der Waals surface area contributed by atoms with Crippen molar-refractivity contribution in [2.75, 3.05) is 48.4 Å². The Balaban J connectivity index is 1.30. The lowest BCUT2D eigenvalue weighted by Gasteiger charge is -2.28. The summed E-state index contributed by atoms with van der Waals surface area (Å²) < 4.78 is 5.49. The van der Waals surface area contributed by atoms with Crippen molar-refractivity contribution < 1.29 is 9.57 Å².